The van der Waals surface area contributed by atoms with E-state index in [2.05, 4.69) is 116 Å². The molecule has 9 nitrogen and oxygen atoms in total. The van der Waals surface area contributed by atoms with E-state index in [0.717, 1.165) is 13.1 Å². The number of hydrogen-bond acceptors (Lipinski definition) is 7. The lowest BCUT2D eigenvalue weighted by Gasteiger charge is -2.49. The molecule has 0 unspecified atom stereocenters. The van der Waals surface area contributed by atoms with Crippen molar-refractivity contribution in [1.29, 1.82) is 0 Å². The molecular weight excluding hydrogens is 619 g/mol. The zero-order valence-corrected chi connectivity index (χ0v) is 27.2. The van der Waals surface area contributed by atoms with Crippen LogP contribution in [-0.4, -0.2) is 72.2 Å². The third-order valence-corrected chi connectivity index (χ3v) is 9.28. The zero-order chi connectivity index (χ0) is 33.8. The lowest BCUT2D eigenvalue weighted by Crippen LogP contribution is -2.57. The van der Waals surface area contributed by atoms with Crippen LogP contribution in [0.4, 0.5) is 20.8 Å². The van der Waals surface area contributed by atoms with Crippen LogP contribution in [0.2, 0.25) is 0 Å². The Hall–Kier alpha value is -5.61. The van der Waals surface area contributed by atoms with Gasteiger partial charge in [-0.05, 0) is 34.9 Å². The molecule has 0 aliphatic carbocycles. The maximum absolute atomic E-state index is 15.4. The fourth-order valence-corrected chi connectivity index (χ4v) is 6.95. The summed E-state index contributed by atoms with van der Waals surface area (Å²) < 4.78 is 20.7. The Morgan fingerprint density at radius 2 is 1.39 bits per heavy atom. The Morgan fingerprint density at radius 3 is 1.90 bits per heavy atom. The number of carbonyl (C=O) groups excluding carboxylic acids is 2. The molecule has 2 amide bonds. The lowest BCUT2D eigenvalue weighted by atomic mass is 9.75. The van der Waals surface area contributed by atoms with Crippen LogP contribution in [-0.2, 0) is 15.1 Å². The molecule has 2 aliphatic heterocycles. The fraction of sp³-hybridized carbons (Fsp3) is 0.231. The van der Waals surface area contributed by atoms with Crippen LogP contribution in [0, 0.1) is 5.82 Å². The van der Waals surface area contributed by atoms with Gasteiger partial charge in [-0.3, -0.25) is 14.6 Å². The standard InChI is InChI=1S/C39H37FN6O3/c1-28(47)41-26-34-27-46(38(48)49-34)33-17-18-35(36(40)23-33)29-24-42-37(43-25-29)44-19-21-45(22-20-44)39(30-11-5-2-6-12-30,31-13-7-3-8-14-31)32-15-9-4-10-16-32/h2-18,23-25,34H,19-22,26-27H2,1H3,(H,41,47)/t34-/m0/s1. The molecule has 7 rings (SSSR count). The molecule has 2 fully saturated rings. The molecular formula is C39H37FN6O3. The summed E-state index contributed by atoms with van der Waals surface area (Å²) in [5.41, 5.74) is 4.39. The maximum atomic E-state index is 15.4. The number of nitrogens with zero attached hydrogens (tertiary/aromatic N) is 5. The number of hydrogen-bond donors (Lipinski definition) is 1. The van der Waals surface area contributed by atoms with Crippen LogP contribution in [0.3, 0.4) is 0 Å². The van der Waals surface area contributed by atoms with E-state index >= 15 is 4.39 Å². The Labute approximate surface area is 285 Å². The Balaban J connectivity index is 1.08. The van der Waals surface area contributed by atoms with Crippen LogP contribution in [0.15, 0.2) is 122 Å². The van der Waals surface area contributed by atoms with E-state index in [1.165, 1.54) is 34.6 Å². The van der Waals surface area contributed by atoms with Gasteiger partial charge in [0.2, 0.25) is 11.9 Å². The van der Waals surface area contributed by atoms with Gasteiger partial charge in [-0.15, -0.1) is 0 Å². The monoisotopic (exact) mass is 656 g/mol. The second-order valence-corrected chi connectivity index (χ2v) is 12.3. The molecule has 3 heterocycles. The number of ether oxygens (including phenoxy) is 1. The summed E-state index contributed by atoms with van der Waals surface area (Å²) in [6.07, 6.45) is 2.20. The average Bonchev–Trinajstić information content (AvgIpc) is 3.53. The molecule has 49 heavy (non-hydrogen) atoms. The van der Waals surface area contributed by atoms with Crippen molar-refractivity contribution >= 4 is 23.6 Å². The summed E-state index contributed by atoms with van der Waals surface area (Å²) in [5.74, 6) is -0.119. The normalized spacial score (nSPS) is 16.8. The molecule has 0 saturated carbocycles. The van der Waals surface area contributed by atoms with Crippen LogP contribution < -0.4 is 15.1 Å². The smallest absolute Gasteiger partial charge is 0.414 e. The van der Waals surface area contributed by atoms with Gasteiger partial charge in [-0.25, -0.2) is 19.2 Å². The average molecular weight is 657 g/mol. The molecule has 248 valence electrons. The van der Waals surface area contributed by atoms with Crippen LogP contribution in [0.5, 0.6) is 0 Å². The second-order valence-electron chi connectivity index (χ2n) is 12.3. The van der Waals surface area contributed by atoms with Crippen molar-refractivity contribution < 1.29 is 18.7 Å². The van der Waals surface area contributed by atoms with Crippen molar-refractivity contribution in [3.05, 3.63) is 144 Å². The van der Waals surface area contributed by atoms with Gasteiger partial charge in [0.05, 0.1) is 24.3 Å². The van der Waals surface area contributed by atoms with E-state index < -0.39 is 23.6 Å². The zero-order valence-electron chi connectivity index (χ0n) is 27.2. The summed E-state index contributed by atoms with van der Waals surface area (Å²) in [5, 5.41) is 2.64. The SMILES string of the molecule is CC(=O)NC[C@H]1CN(c2ccc(-c3cnc(N4CCN(C(c5ccccc5)(c5ccccc5)c5ccccc5)CC4)nc3)c(F)c2)C(=O)O1. The van der Waals surface area contributed by atoms with Crippen LogP contribution in [0.1, 0.15) is 23.6 Å². The van der Waals surface area contributed by atoms with Gasteiger partial charge < -0.3 is 15.0 Å². The van der Waals surface area contributed by atoms with Crippen molar-refractivity contribution in [2.45, 2.75) is 18.6 Å². The highest BCUT2D eigenvalue weighted by Crippen LogP contribution is 2.43. The van der Waals surface area contributed by atoms with Gasteiger partial charge in [0, 0.05) is 56.6 Å². The highest BCUT2D eigenvalue weighted by atomic mass is 19.1. The number of aromatic nitrogens is 2. The van der Waals surface area contributed by atoms with E-state index in [9.17, 15) is 9.59 Å². The van der Waals surface area contributed by atoms with Gasteiger partial charge in [0.25, 0.3) is 0 Å². The van der Waals surface area contributed by atoms with Crippen molar-refractivity contribution in [2.75, 3.05) is 49.1 Å². The fourth-order valence-electron chi connectivity index (χ4n) is 6.95. The van der Waals surface area contributed by atoms with E-state index in [4.69, 9.17) is 4.74 Å². The predicted octanol–water partition coefficient (Wildman–Crippen LogP) is 5.86. The molecule has 0 spiro atoms. The molecule has 0 bridgehead atoms. The number of amides is 2. The van der Waals surface area contributed by atoms with E-state index in [0.29, 0.717) is 35.9 Å². The van der Waals surface area contributed by atoms with Gasteiger partial charge in [-0.1, -0.05) is 91.0 Å². The topological polar surface area (TPSA) is 90.9 Å². The molecule has 10 heteroatoms. The summed E-state index contributed by atoms with van der Waals surface area (Å²) in [6, 6.07) is 36.6. The molecule has 1 atom stereocenters. The first-order valence-electron chi connectivity index (χ1n) is 16.4. The quantitative estimate of drug-likeness (QED) is 0.199. The third kappa shape index (κ3) is 6.35. The first-order chi connectivity index (χ1) is 23.9. The molecule has 0 radical (unpaired) electrons. The number of halogens is 1. The second kappa shape index (κ2) is 13.9. The number of benzene rings is 4. The van der Waals surface area contributed by atoms with Crippen molar-refractivity contribution in [2.24, 2.45) is 0 Å². The first kappa shape index (κ1) is 32.0. The van der Waals surface area contributed by atoms with E-state index in [1.807, 2.05) is 0 Å². The molecule has 2 aliphatic rings. The summed E-state index contributed by atoms with van der Waals surface area (Å²) >= 11 is 0. The van der Waals surface area contributed by atoms with Crippen molar-refractivity contribution in [1.82, 2.24) is 20.2 Å². The largest absolute Gasteiger partial charge is 0.442 e. The van der Waals surface area contributed by atoms with E-state index in [-0.39, 0.29) is 19.0 Å². The molecule has 4 aromatic carbocycles. The maximum Gasteiger partial charge on any atom is 0.414 e. The van der Waals surface area contributed by atoms with E-state index in [1.54, 1.807) is 24.5 Å². The Bertz CT molecular complexity index is 1810. The minimum absolute atomic E-state index is 0.199. The van der Waals surface area contributed by atoms with Gasteiger partial charge >= 0.3 is 6.09 Å². The van der Waals surface area contributed by atoms with Gasteiger partial charge in [0.15, 0.2) is 0 Å². The number of anilines is 2. The highest BCUT2D eigenvalue weighted by Gasteiger charge is 2.43. The van der Waals surface area contributed by atoms with Crippen molar-refractivity contribution in [3.8, 4) is 11.1 Å². The molecule has 2 saturated heterocycles. The Morgan fingerprint density at radius 1 is 0.837 bits per heavy atom. The first-order valence-corrected chi connectivity index (χ1v) is 16.4. The van der Waals surface area contributed by atoms with Gasteiger partial charge in [0.1, 0.15) is 11.9 Å². The number of nitrogens with one attached hydrogen (secondary N) is 1. The summed E-state index contributed by atoms with van der Waals surface area (Å²) in [7, 11) is 0. The minimum atomic E-state index is -0.580. The minimum Gasteiger partial charge on any atom is -0.442 e. The van der Waals surface area contributed by atoms with Crippen LogP contribution >= 0.6 is 0 Å². The number of piperazine rings is 1. The molecule has 5 aromatic rings. The molecule has 1 aromatic heterocycles. The lowest BCUT2D eigenvalue weighted by molar-refractivity contribution is -0.119. The number of carbonyl (C=O) groups is 2. The summed E-state index contributed by atoms with van der Waals surface area (Å²) in [4.78, 5) is 39.0. The summed E-state index contributed by atoms with van der Waals surface area (Å²) in [6.45, 7) is 4.77. The highest BCUT2D eigenvalue weighted by molar-refractivity contribution is 5.90. The van der Waals surface area contributed by atoms with Crippen molar-refractivity contribution in [3.63, 3.8) is 0 Å². The number of rotatable bonds is 9. The Kier molecular flexibility index (Phi) is 9.04. The van der Waals surface area contributed by atoms with Gasteiger partial charge in [-0.2, -0.15) is 0 Å². The van der Waals surface area contributed by atoms with Crippen LogP contribution in [0.25, 0.3) is 11.1 Å². The number of cyclic esters (lactones) is 1. The molecule has 1 N–H and O–H groups in total. The predicted molar refractivity (Wildman–Crippen MR) is 187 cm³/mol. The third-order valence-electron chi connectivity index (χ3n) is 9.28.